The molecule has 2 atom stereocenters. The van der Waals surface area contributed by atoms with Gasteiger partial charge in [0, 0.05) is 6.04 Å². The molecule has 0 fully saturated rings. The van der Waals surface area contributed by atoms with Gasteiger partial charge in [0.15, 0.2) is 0 Å². The summed E-state index contributed by atoms with van der Waals surface area (Å²) < 4.78 is 0. The highest BCUT2D eigenvalue weighted by Crippen LogP contribution is 2.25. The van der Waals surface area contributed by atoms with E-state index in [1.54, 1.807) is 0 Å². The molecule has 0 saturated carbocycles. The minimum absolute atomic E-state index is 0.130. The predicted octanol–water partition coefficient (Wildman–Crippen LogP) is 4.90. The number of hydrogen-bond donors (Lipinski definition) is 1. The van der Waals surface area contributed by atoms with Gasteiger partial charge in [0.25, 0.3) is 0 Å². The van der Waals surface area contributed by atoms with Crippen molar-refractivity contribution in [3.05, 3.63) is 71.3 Å². The Bertz CT molecular complexity index is 630. The second kappa shape index (κ2) is 6.77. The predicted molar refractivity (Wildman–Crippen MR) is 91.5 cm³/mol. The molecule has 0 radical (unpaired) electrons. The number of nitrogens with one attached hydrogen (secondary N) is 1. The van der Waals surface area contributed by atoms with Gasteiger partial charge < -0.3 is 0 Å². The first-order valence-electron chi connectivity index (χ1n) is 7.73. The average molecular weight is 292 g/mol. The summed E-state index contributed by atoms with van der Waals surface area (Å²) in [5, 5.41) is 12.9. The lowest BCUT2D eigenvalue weighted by molar-refractivity contribution is 0.532. The molecule has 2 unspecified atom stereocenters. The van der Waals surface area contributed by atoms with Crippen LogP contribution in [0.3, 0.4) is 0 Å². The molecule has 22 heavy (non-hydrogen) atoms. The summed E-state index contributed by atoms with van der Waals surface area (Å²) in [5.41, 5.74) is 3.61. The van der Waals surface area contributed by atoms with Crippen molar-refractivity contribution in [2.45, 2.75) is 45.2 Å². The Morgan fingerprint density at radius 2 is 1.50 bits per heavy atom. The summed E-state index contributed by atoms with van der Waals surface area (Å²) in [5.74, 6) is 0. The zero-order valence-electron chi connectivity index (χ0n) is 13.8. The highest BCUT2D eigenvalue weighted by Gasteiger charge is 2.17. The van der Waals surface area contributed by atoms with Crippen molar-refractivity contribution >= 4 is 0 Å². The first-order chi connectivity index (χ1) is 10.4. The van der Waals surface area contributed by atoms with E-state index in [1.165, 1.54) is 11.1 Å². The van der Waals surface area contributed by atoms with Gasteiger partial charge in [-0.05, 0) is 29.0 Å². The maximum absolute atomic E-state index is 9.49. The van der Waals surface area contributed by atoms with Crippen molar-refractivity contribution in [2.75, 3.05) is 0 Å². The lowest BCUT2D eigenvalue weighted by Crippen LogP contribution is -2.23. The Hall–Kier alpha value is -2.11. The third kappa shape index (κ3) is 3.96. The number of hydrogen-bond acceptors (Lipinski definition) is 2. The zero-order valence-corrected chi connectivity index (χ0v) is 13.8. The molecule has 2 aromatic carbocycles. The standard InChI is InChI=1S/C20H24N2/c1-15(16-8-6-5-7-9-16)22-19(14-21)17-10-12-18(13-11-17)20(2,3)4/h5-13,15,19,22H,1-4H3. The van der Waals surface area contributed by atoms with Crippen LogP contribution in [-0.2, 0) is 5.41 Å². The highest BCUT2D eigenvalue weighted by molar-refractivity contribution is 5.32. The van der Waals surface area contributed by atoms with Crippen molar-refractivity contribution in [2.24, 2.45) is 0 Å². The fourth-order valence-corrected chi connectivity index (χ4v) is 2.47. The van der Waals surface area contributed by atoms with E-state index in [0.717, 1.165) is 5.56 Å². The largest absolute Gasteiger partial charge is 0.292 e. The molecule has 0 bridgehead atoms. The van der Waals surface area contributed by atoms with Crippen LogP contribution >= 0.6 is 0 Å². The molecule has 2 heteroatoms. The molecule has 114 valence electrons. The van der Waals surface area contributed by atoms with Crippen LogP contribution in [0.4, 0.5) is 0 Å². The molecule has 2 rings (SSSR count). The van der Waals surface area contributed by atoms with E-state index in [4.69, 9.17) is 0 Å². The van der Waals surface area contributed by atoms with E-state index in [9.17, 15) is 5.26 Å². The Kier molecular flexibility index (Phi) is 5.00. The Morgan fingerprint density at radius 1 is 0.909 bits per heavy atom. The lowest BCUT2D eigenvalue weighted by atomic mass is 9.86. The van der Waals surface area contributed by atoms with Crippen LogP contribution < -0.4 is 5.32 Å². The SMILES string of the molecule is CC(NC(C#N)c1ccc(C(C)(C)C)cc1)c1ccccc1. The number of rotatable bonds is 4. The van der Waals surface area contributed by atoms with Crippen molar-refractivity contribution in [3.8, 4) is 6.07 Å². The molecule has 0 aliphatic carbocycles. The molecular formula is C20H24N2. The average Bonchev–Trinajstić information content (AvgIpc) is 2.52. The van der Waals surface area contributed by atoms with Crippen LogP contribution in [0.25, 0.3) is 0 Å². The Balaban J connectivity index is 2.14. The van der Waals surface area contributed by atoms with Crippen molar-refractivity contribution < 1.29 is 0 Å². The van der Waals surface area contributed by atoms with Crippen LogP contribution in [0.2, 0.25) is 0 Å². The second-order valence-corrected chi connectivity index (χ2v) is 6.73. The quantitative estimate of drug-likeness (QED) is 0.870. The van der Waals surface area contributed by atoms with Gasteiger partial charge in [-0.3, -0.25) is 5.32 Å². The van der Waals surface area contributed by atoms with Gasteiger partial charge in [0.05, 0.1) is 6.07 Å². The van der Waals surface area contributed by atoms with E-state index in [1.807, 2.05) is 18.2 Å². The molecule has 0 saturated heterocycles. The molecular weight excluding hydrogens is 268 g/mol. The summed E-state index contributed by atoms with van der Waals surface area (Å²) in [7, 11) is 0. The van der Waals surface area contributed by atoms with E-state index in [2.05, 4.69) is 75.5 Å². The maximum atomic E-state index is 9.49. The van der Waals surface area contributed by atoms with Gasteiger partial charge >= 0.3 is 0 Å². The molecule has 2 nitrogen and oxygen atoms in total. The van der Waals surface area contributed by atoms with Crippen LogP contribution in [0, 0.1) is 11.3 Å². The topological polar surface area (TPSA) is 35.8 Å². The molecule has 0 aromatic heterocycles. The van der Waals surface area contributed by atoms with Gasteiger partial charge in [-0.2, -0.15) is 5.26 Å². The van der Waals surface area contributed by atoms with Gasteiger partial charge in [-0.1, -0.05) is 75.4 Å². The van der Waals surface area contributed by atoms with Gasteiger partial charge in [-0.25, -0.2) is 0 Å². The normalized spacial score (nSPS) is 14.1. The van der Waals surface area contributed by atoms with E-state index < -0.39 is 0 Å². The highest BCUT2D eigenvalue weighted by atomic mass is 14.9. The minimum Gasteiger partial charge on any atom is -0.292 e. The minimum atomic E-state index is -0.302. The zero-order chi connectivity index (χ0) is 16.2. The fraction of sp³-hybridized carbons (Fsp3) is 0.350. The first kappa shape index (κ1) is 16.3. The summed E-state index contributed by atoms with van der Waals surface area (Å²) >= 11 is 0. The van der Waals surface area contributed by atoms with Gasteiger partial charge in [-0.15, -0.1) is 0 Å². The molecule has 0 aliphatic heterocycles. The van der Waals surface area contributed by atoms with E-state index in [-0.39, 0.29) is 17.5 Å². The summed E-state index contributed by atoms with van der Waals surface area (Å²) in [6.45, 7) is 8.67. The molecule has 0 amide bonds. The van der Waals surface area contributed by atoms with Crippen molar-refractivity contribution in [1.29, 1.82) is 5.26 Å². The summed E-state index contributed by atoms with van der Waals surface area (Å²) in [6.07, 6.45) is 0. The summed E-state index contributed by atoms with van der Waals surface area (Å²) in [6, 6.07) is 20.7. The summed E-state index contributed by atoms with van der Waals surface area (Å²) in [4.78, 5) is 0. The molecule has 0 heterocycles. The van der Waals surface area contributed by atoms with Crippen molar-refractivity contribution in [1.82, 2.24) is 5.32 Å². The van der Waals surface area contributed by atoms with E-state index >= 15 is 0 Å². The molecule has 2 aromatic rings. The lowest BCUT2D eigenvalue weighted by Gasteiger charge is -2.22. The molecule has 0 aliphatic rings. The molecule has 1 N–H and O–H groups in total. The second-order valence-electron chi connectivity index (χ2n) is 6.73. The van der Waals surface area contributed by atoms with Crippen LogP contribution in [0.1, 0.15) is 56.5 Å². The number of nitrogens with zero attached hydrogens (tertiary/aromatic N) is 1. The smallest absolute Gasteiger partial charge is 0.121 e. The number of benzene rings is 2. The monoisotopic (exact) mass is 292 g/mol. The van der Waals surface area contributed by atoms with E-state index in [0.29, 0.717) is 0 Å². The fourth-order valence-electron chi connectivity index (χ4n) is 2.47. The van der Waals surface area contributed by atoms with Gasteiger partial charge in [0.2, 0.25) is 0 Å². The maximum Gasteiger partial charge on any atom is 0.121 e. The van der Waals surface area contributed by atoms with Crippen LogP contribution in [-0.4, -0.2) is 0 Å². The Labute approximate surface area is 133 Å². The van der Waals surface area contributed by atoms with Gasteiger partial charge in [0.1, 0.15) is 6.04 Å². The third-order valence-corrected chi connectivity index (χ3v) is 3.96. The Morgan fingerprint density at radius 3 is 2.00 bits per heavy atom. The third-order valence-electron chi connectivity index (χ3n) is 3.96. The first-order valence-corrected chi connectivity index (χ1v) is 7.73. The van der Waals surface area contributed by atoms with Crippen LogP contribution in [0.15, 0.2) is 54.6 Å². The van der Waals surface area contributed by atoms with Crippen molar-refractivity contribution in [3.63, 3.8) is 0 Å². The number of nitriles is 1. The van der Waals surface area contributed by atoms with Crippen LogP contribution in [0.5, 0.6) is 0 Å². The molecule has 0 spiro atoms.